The van der Waals surface area contributed by atoms with E-state index in [1.54, 1.807) is 12.1 Å². The second kappa shape index (κ2) is 13.1. The predicted octanol–water partition coefficient (Wildman–Crippen LogP) is 5.12. The Bertz CT molecular complexity index is 1070. The number of hydrogen-bond acceptors (Lipinski definition) is 4. The predicted molar refractivity (Wildman–Crippen MR) is 151 cm³/mol. The minimum atomic E-state index is -0.411. The molecule has 2 aliphatic rings. The molecule has 2 amide bonds. The molecule has 0 spiro atoms. The van der Waals surface area contributed by atoms with Crippen LogP contribution in [0.15, 0.2) is 54.6 Å². The maximum Gasteiger partial charge on any atom is 0.229 e. The van der Waals surface area contributed by atoms with E-state index < -0.39 is 5.41 Å². The monoisotopic (exact) mass is 537 g/mol. The van der Waals surface area contributed by atoms with Crippen LogP contribution >= 0.6 is 0 Å². The van der Waals surface area contributed by atoms with Gasteiger partial charge in [0.1, 0.15) is 12.5 Å². The molecule has 2 fully saturated rings. The number of ether oxygens (including phenoxy) is 1. The molecule has 39 heavy (non-hydrogen) atoms. The Morgan fingerprint density at radius 3 is 2.33 bits per heavy atom. The number of amides is 2. The fourth-order valence-electron chi connectivity index (χ4n) is 5.70. The maximum atomic E-state index is 13.1. The van der Waals surface area contributed by atoms with E-state index >= 15 is 0 Å². The van der Waals surface area contributed by atoms with E-state index in [0.29, 0.717) is 25.7 Å². The third-order valence-electron chi connectivity index (χ3n) is 8.20. The smallest absolute Gasteiger partial charge is 0.229 e. The van der Waals surface area contributed by atoms with Gasteiger partial charge in [-0.1, -0.05) is 63.2 Å². The first-order valence-corrected chi connectivity index (χ1v) is 14.4. The molecule has 1 atom stereocenters. The van der Waals surface area contributed by atoms with E-state index in [4.69, 9.17) is 4.74 Å². The molecule has 212 valence electrons. The number of piperidine rings is 1. The largest absolute Gasteiger partial charge is 0.356 e. The van der Waals surface area contributed by atoms with Gasteiger partial charge in [0, 0.05) is 25.0 Å². The number of halogens is 1. The number of hydrogen-bond donors (Lipinski definition) is 1. The van der Waals surface area contributed by atoms with Gasteiger partial charge in [0.2, 0.25) is 11.8 Å². The van der Waals surface area contributed by atoms with Crippen LogP contribution in [-0.2, 0) is 26.3 Å². The Hall–Kier alpha value is -2.77. The lowest BCUT2D eigenvalue weighted by atomic mass is 9.84. The average molecular weight is 538 g/mol. The second-order valence-electron chi connectivity index (χ2n) is 12.2. The first-order chi connectivity index (χ1) is 18.6. The van der Waals surface area contributed by atoms with E-state index in [9.17, 15) is 14.0 Å². The highest BCUT2D eigenvalue weighted by Gasteiger charge is 2.40. The third-order valence-corrected chi connectivity index (χ3v) is 8.20. The second-order valence-corrected chi connectivity index (χ2v) is 12.2. The number of benzene rings is 2. The Morgan fingerprint density at radius 1 is 1.03 bits per heavy atom. The number of carbonyl (C=O) groups is 2. The van der Waals surface area contributed by atoms with E-state index in [-0.39, 0.29) is 29.7 Å². The van der Waals surface area contributed by atoms with Gasteiger partial charge >= 0.3 is 0 Å². The van der Waals surface area contributed by atoms with Gasteiger partial charge in [0.15, 0.2) is 0 Å². The number of rotatable bonds is 9. The van der Waals surface area contributed by atoms with Crippen LogP contribution in [-0.4, -0.2) is 61.1 Å². The fraction of sp³-hybridized carbons (Fsp3) is 0.562. The summed E-state index contributed by atoms with van der Waals surface area (Å²) in [4.78, 5) is 29.4. The van der Waals surface area contributed by atoms with Crippen LogP contribution in [0.3, 0.4) is 0 Å². The summed E-state index contributed by atoms with van der Waals surface area (Å²) in [5, 5.41) is 3.03. The van der Waals surface area contributed by atoms with Crippen LogP contribution in [0.2, 0.25) is 0 Å². The summed E-state index contributed by atoms with van der Waals surface area (Å²) < 4.78 is 19.6. The summed E-state index contributed by atoms with van der Waals surface area (Å²) in [6.45, 7) is 10.7. The van der Waals surface area contributed by atoms with Gasteiger partial charge in [-0.3, -0.25) is 9.59 Å². The van der Waals surface area contributed by atoms with Gasteiger partial charge in [-0.15, -0.1) is 0 Å². The van der Waals surface area contributed by atoms with Gasteiger partial charge in [0.25, 0.3) is 0 Å². The summed E-state index contributed by atoms with van der Waals surface area (Å²) in [7, 11) is 0. The van der Waals surface area contributed by atoms with Crippen LogP contribution in [0.4, 0.5) is 4.39 Å². The van der Waals surface area contributed by atoms with Gasteiger partial charge in [0.05, 0.1) is 12.0 Å². The lowest BCUT2D eigenvalue weighted by Gasteiger charge is -2.45. The third kappa shape index (κ3) is 8.12. The van der Waals surface area contributed by atoms with Crippen molar-refractivity contribution >= 4 is 11.8 Å². The lowest BCUT2D eigenvalue weighted by Crippen LogP contribution is -2.51. The first-order valence-electron chi connectivity index (χ1n) is 14.4. The minimum absolute atomic E-state index is 0.0134. The van der Waals surface area contributed by atoms with Gasteiger partial charge < -0.3 is 19.9 Å². The summed E-state index contributed by atoms with van der Waals surface area (Å²) >= 11 is 0. The molecule has 1 N–H and O–H groups in total. The molecular weight excluding hydrogens is 493 g/mol. The molecule has 2 heterocycles. The highest BCUT2D eigenvalue weighted by atomic mass is 19.1. The van der Waals surface area contributed by atoms with E-state index in [2.05, 4.69) is 34.5 Å². The van der Waals surface area contributed by atoms with Crippen molar-refractivity contribution in [2.24, 2.45) is 11.3 Å². The van der Waals surface area contributed by atoms with Crippen molar-refractivity contribution in [2.75, 3.05) is 39.5 Å². The van der Waals surface area contributed by atoms with E-state index in [0.717, 1.165) is 57.3 Å². The summed E-state index contributed by atoms with van der Waals surface area (Å²) in [5.74, 6) is 0.447. The number of nitrogens with one attached hydrogen (secondary N) is 1. The van der Waals surface area contributed by atoms with Crippen molar-refractivity contribution in [3.63, 3.8) is 0 Å². The molecule has 2 aromatic rings. The van der Waals surface area contributed by atoms with Gasteiger partial charge in [-0.25, -0.2) is 4.39 Å². The van der Waals surface area contributed by atoms with Crippen LogP contribution in [0.25, 0.3) is 0 Å². The van der Waals surface area contributed by atoms with Gasteiger partial charge in [-0.2, -0.15) is 0 Å². The van der Waals surface area contributed by atoms with Crippen molar-refractivity contribution < 1.29 is 18.7 Å². The molecule has 2 aromatic carbocycles. The van der Waals surface area contributed by atoms with Crippen LogP contribution < -0.4 is 5.32 Å². The topological polar surface area (TPSA) is 61.9 Å². The SMILES string of the molecule is CC(C)(C)C(=O)N1CCC(CCN2CCC(CCNC(=O)Cc3ccc(F)cc3)CC2)(c2ccccc2)OC1. The molecule has 4 rings (SSSR count). The fourth-order valence-corrected chi connectivity index (χ4v) is 5.70. The summed E-state index contributed by atoms with van der Waals surface area (Å²) in [6.07, 6.45) is 5.22. The molecule has 2 aliphatic heterocycles. The highest BCUT2D eigenvalue weighted by Crippen LogP contribution is 2.38. The Labute approximate surface area is 232 Å². The lowest BCUT2D eigenvalue weighted by molar-refractivity contribution is -0.175. The molecule has 1 unspecified atom stereocenters. The molecule has 0 aliphatic carbocycles. The standard InChI is InChI=1S/C32H44FN3O3/c1-31(2,3)30(38)36-22-17-32(39-24-36,27-7-5-4-6-8-27)16-21-35-19-14-25(15-20-35)13-18-34-29(37)23-26-9-11-28(33)12-10-26/h4-12,25H,13-24H2,1-3H3,(H,34,37). The minimum Gasteiger partial charge on any atom is -0.356 e. The van der Waals surface area contributed by atoms with Crippen molar-refractivity contribution in [1.29, 1.82) is 0 Å². The number of carbonyl (C=O) groups excluding carboxylic acids is 2. The van der Waals surface area contributed by atoms with Crippen LogP contribution in [0.1, 0.15) is 64.0 Å². The molecule has 0 bridgehead atoms. The molecule has 2 saturated heterocycles. The number of likely N-dealkylation sites (tertiary alicyclic amines) is 1. The van der Waals surface area contributed by atoms with Crippen molar-refractivity contribution in [3.05, 3.63) is 71.5 Å². The molecule has 0 aromatic heterocycles. The van der Waals surface area contributed by atoms with Crippen molar-refractivity contribution in [3.8, 4) is 0 Å². The molecule has 0 radical (unpaired) electrons. The zero-order chi connectivity index (χ0) is 27.9. The normalized spacial score (nSPS) is 21.1. The maximum absolute atomic E-state index is 13.1. The molecule has 6 nitrogen and oxygen atoms in total. The van der Waals surface area contributed by atoms with E-state index in [1.807, 2.05) is 31.7 Å². The highest BCUT2D eigenvalue weighted by molar-refractivity contribution is 5.81. The van der Waals surface area contributed by atoms with Gasteiger partial charge in [-0.05, 0) is 74.4 Å². The van der Waals surface area contributed by atoms with Crippen LogP contribution in [0.5, 0.6) is 0 Å². The number of nitrogens with zero attached hydrogens (tertiary/aromatic N) is 2. The molecule has 7 heteroatoms. The molecular formula is C32H44FN3O3. The zero-order valence-electron chi connectivity index (χ0n) is 23.8. The van der Waals surface area contributed by atoms with Crippen molar-refractivity contribution in [2.45, 2.75) is 64.9 Å². The Balaban J connectivity index is 1.21. The quantitative estimate of drug-likeness (QED) is 0.482. The van der Waals surface area contributed by atoms with E-state index in [1.165, 1.54) is 17.7 Å². The zero-order valence-corrected chi connectivity index (χ0v) is 23.8. The van der Waals surface area contributed by atoms with Crippen LogP contribution in [0, 0.1) is 17.2 Å². The van der Waals surface area contributed by atoms with Crippen molar-refractivity contribution in [1.82, 2.24) is 15.1 Å². The first kappa shape index (κ1) is 29.2. The Morgan fingerprint density at radius 2 is 1.72 bits per heavy atom. The Kier molecular flexibility index (Phi) is 9.78. The summed E-state index contributed by atoms with van der Waals surface area (Å²) in [5.41, 5.74) is 1.23. The average Bonchev–Trinajstić information content (AvgIpc) is 2.94. The molecule has 0 saturated carbocycles. The summed E-state index contributed by atoms with van der Waals surface area (Å²) in [6, 6.07) is 16.6.